The summed E-state index contributed by atoms with van der Waals surface area (Å²) in [7, 11) is -6.53. The van der Waals surface area contributed by atoms with E-state index in [9.17, 15) is 30.0 Å². The molecule has 0 aliphatic heterocycles. The highest BCUT2D eigenvalue weighted by atomic mass is 32.2. The molecule has 0 radical (unpaired) electrons. The molecule has 1 saturated carbocycles. The van der Waals surface area contributed by atoms with Gasteiger partial charge in [0.1, 0.15) is 10.7 Å². The molecule has 0 atom stereocenters. The lowest BCUT2D eigenvalue weighted by molar-refractivity contribution is 0.222. The summed E-state index contributed by atoms with van der Waals surface area (Å²) in [4.78, 5) is -0.995. The van der Waals surface area contributed by atoms with E-state index in [-0.39, 0.29) is 19.1 Å². The summed E-state index contributed by atoms with van der Waals surface area (Å²) in [5, 5.41) is 0. The molecule has 0 spiro atoms. The Labute approximate surface area is 176 Å². The van der Waals surface area contributed by atoms with Crippen molar-refractivity contribution in [1.82, 2.24) is 4.31 Å². The Morgan fingerprint density at radius 1 is 1.03 bits per heavy atom. The Morgan fingerprint density at radius 3 is 2.17 bits per heavy atom. The van der Waals surface area contributed by atoms with Crippen LogP contribution in [0.1, 0.15) is 44.1 Å². The van der Waals surface area contributed by atoms with Gasteiger partial charge in [0, 0.05) is 19.2 Å². The number of halogens is 3. The smallest absolute Gasteiger partial charge is 0.264 e. The van der Waals surface area contributed by atoms with E-state index in [0.29, 0.717) is 18.4 Å². The Kier molecular flexibility index (Phi) is 8.34. The molecule has 0 heterocycles. The second-order valence-corrected chi connectivity index (χ2v) is 11.6. The van der Waals surface area contributed by atoms with Gasteiger partial charge >= 0.3 is 0 Å². The van der Waals surface area contributed by atoms with Crippen molar-refractivity contribution < 1.29 is 34.2 Å². The SMILES string of the molecule is Cc1c(F)cc(S(=O)(=O)N(C)CC2CCC(CCCOS(C)(=O)=O)CC2)c(F)c1F. The Balaban J connectivity index is 1.91. The number of sulfonamides is 1. The van der Waals surface area contributed by atoms with Crippen LogP contribution in [-0.4, -0.2) is 47.6 Å². The summed E-state index contributed by atoms with van der Waals surface area (Å²) in [5.41, 5.74) is -0.561. The van der Waals surface area contributed by atoms with E-state index < -0.39 is 48.1 Å². The Bertz CT molecular complexity index is 959. The highest BCUT2D eigenvalue weighted by Crippen LogP contribution is 2.33. The molecule has 2 rings (SSSR count). The quantitative estimate of drug-likeness (QED) is 0.312. The molecule has 6 nitrogen and oxygen atoms in total. The average Bonchev–Trinajstić information content (AvgIpc) is 2.66. The van der Waals surface area contributed by atoms with Crippen LogP contribution in [0.3, 0.4) is 0 Å². The predicted molar refractivity (Wildman–Crippen MR) is 106 cm³/mol. The van der Waals surface area contributed by atoms with E-state index >= 15 is 0 Å². The molecule has 172 valence electrons. The summed E-state index contributed by atoms with van der Waals surface area (Å²) in [6, 6.07) is 0.523. The van der Waals surface area contributed by atoms with E-state index in [1.165, 1.54) is 7.05 Å². The topological polar surface area (TPSA) is 80.8 Å². The van der Waals surface area contributed by atoms with Gasteiger partial charge in [0.05, 0.1) is 12.9 Å². The molecular weight excluding hydrogens is 443 g/mol. The van der Waals surface area contributed by atoms with Crippen LogP contribution in [0.2, 0.25) is 0 Å². The second kappa shape index (κ2) is 9.97. The molecule has 1 aliphatic rings. The van der Waals surface area contributed by atoms with Crippen molar-refractivity contribution in [3.05, 3.63) is 29.1 Å². The van der Waals surface area contributed by atoms with Gasteiger partial charge in [0.2, 0.25) is 10.0 Å². The number of rotatable bonds is 9. The minimum absolute atomic E-state index is 0.0523. The molecule has 1 fully saturated rings. The Morgan fingerprint density at radius 2 is 1.60 bits per heavy atom. The molecule has 0 aromatic heterocycles. The molecule has 1 aliphatic carbocycles. The van der Waals surface area contributed by atoms with E-state index in [0.717, 1.165) is 49.6 Å². The first kappa shape index (κ1) is 25.1. The fourth-order valence-corrected chi connectivity index (χ4v) is 5.50. The second-order valence-electron chi connectivity index (χ2n) is 7.95. The summed E-state index contributed by atoms with van der Waals surface area (Å²) < 4.78 is 94.6. The predicted octanol–water partition coefficient (Wildman–Crippen LogP) is 3.60. The third kappa shape index (κ3) is 6.41. The van der Waals surface area contributed by atoms with Gasteiger partial charge in [-0.2, -0.15) is 8.42 Å². The van der Waals surface area contributed by atoms with Gasteiger partial charge in [-0.1, -0.05) is 12.8 Å². The molecule has 1 aromatic carbocycles. The maximum Gasteiger partial charge on any atom is 0.264 e. The van der Waals surface area contributed by atoms with Gasteiger partial charge in [-0.05, 0) is 50.5 Å². The van der Waals surface area contributed by atoms with E-state index in [2.05, 4.69) is 0 Å². The van der Waals surface area contributed by atoms with Crippen LogP contribution in [0, 0.1) is 36.2 Å². The van der Waals surface area contributed by atoms with Crippen LogP contribution in [0.5, 0.6) is 0 Å². The molecule has 0 unspecified atom stereocenters. The first-order chi connectivity index (χ1) is 13.8. The third-order valence-corrected chi connectivity index (χ3v) is 8.00. The number of nitrogens with zero attached hydrogens (tertiary/aromatic N) is 1. The van der Waals surface area contributed by atoms with Crippen molar-refractivity contribution in [2.75, 3.05) is 26.5 Å². The minimum atomic E-state index is -4.37. The van der Waals surface area contributed by atoms with Crippen LogP contribution in [-0.2, 0) is 24.3 Å². The monoisotopic (exact) mass is 471 g/mol. The number of hydrogen-bond acceptors (Lipinski definition) is 5. The molecule has 11 heteroatoms. The van der Waals surface area contributed by atoms with Gasteiger partial charge < -0.3 is 0 Å². The molecule has 30 heavy (non-hydrogen) atoms. The minimum Gasteiger partial charge on any atom is -0.270 e. The molecule has 0 bridgehead atoms. The van der Waals surface area contributed by atoms with Crippen LogP contribution < -0.4 is 0 Å². The molecular formula is C19H28F3NO5S2. The number of benzene rings is 1. The largest absolute Gasteiger partial charge is 0.270 e. The average molecular weight is 472 g/mol. The first-order valence-corrected chi connectivity index (χ1v) is 13.0. The van der Waals surface area contributed by atoms with Crippen LogP contribution >= 0.6 is 0 Å². The van der Waals surface area contributed by atoms with Crippen LogP contribution in [0.25, 0.3) is 0 Å². The third-order valence-electron chi connectivity index (χ3n) is 5.58. The fourth-order valence-electron chi connectivity index (χ4n) is 3.77. The fraction of sp³-hybridized carbons (Fsp3) is 0.684. The zero-order valence-electron chi connectivity index (χ0n) is 17.3. The maximum atomic E-state index is 14.2. The van der Waals surface area contributed by atoms with Crippen molar-refractivity contribution in [2.24, 2.45) is 11.8 Å². The van der Waals surface area contributed by atoms with Crippen molar-refractivity contribution in [2.45, 2.75) is 50.3 Å². The van der Waals surface area contributed by atoms with E-state index in [1.54, 1.807) is 0 Å². The highest BCUT2D eigenvalue weighted by molar-refractivity contribution is 7.89. The highest BCUT2D eigenvalue weighted by Gasteiger charge is 2.31. The van der Waals surface area contributed by atoms with Gasteiger partial charge in [0.15, 0.2) is 11.6 Å². The maximum absolute atomic E-state index is 14.2. The van der Waals surface area contributed by atoms with Gasteiger partial charge in [0.25, 0.3) is 10.1 Å². The molecule has 0 N–H and O–H groups in total. The normalized spacial score (nSPS) is 20.6. The number of hydrogen-bond donors (Lipinski definition) is 0. The van der Waals surface area contributed by atoms with Crippen molar-refractivity contribution in [3.63, 3.8) is 0 Å². The standard InChI is InChI=1S/C19H28F3NO5S2/c1-13-16(20)11-17(19(22)18(13)21)30(26,27)23(2)12-15-8-6-14(7-9-15)5-4-10-28-29(3,24)25/h11,14-15H,4-10,12H2,1-3H3. The molecule has 0 saturated heterocycles. The summed E-state index contributed by atoms with van der Waals surface area (Å²) in [5.74, 6) is -3.72. The van der Waals surface area contributed by atoms with Crippen molar-refractivity contribution >= 4 is 20.1 Å². The van der Waals surface area contributed by atoms with E-state index in [1.807, 2.05) is 0 Å². The lowest BCUT2D eigenvalue weighted by Gasteiger charge is -2.31. The van der Waals surface area contributed by atoms with E-state index in [4.69, 9.17) is 4.18 Å². The van der Waals surface area contributed by atoms with Crippen LogP contribution in [0.15, 0.2) is 11.0 Å². The summed E-state index contributed by atoms with van der Waals surface area (Å²) in [6.45, 7) is 1.32. The lowest BCUT2D eigenvalue weighted by atomic mass is 9.80. The Hall–Kier alpha value is -1.17. The summed E-state index contributed by atoms with van der Waals surface area (Å²) >= 11 is 0. The van der Waals surface area contributed by atoms with Gasteiger partial charge in [-0.25, -0.2) is 25.9 Å². The van der Waals surface area contributed by atoms with Crippen molar-refractivity contribution in [3.8, 4) is 0 Å². The zero-order valence-corrected chi connectivity index (χ0v) is 19.0. The zero-order chi connectivity index (χ0) is 22.7. The van der Waals surface area contributed by atoms with Crippen LogP contribution in [0.4, 0.5) is 13.2 Å². The summed E-state index contributed by atoms with van der Waals surface area (Å²) in [6.07, 6.45) is 5.70. The molecule has 0 amide bonds. The van der Waals surface area contributed by atoms with Crippen molar-refractivity contribution in [1.29, 1.82) is 0 Å². The lowest BCUT2D eigenvalue weighted by Crippen LogP contribution is -2.34. The van der Waals surface area contributed by atoms with Gasteiger partial charge in [-0.3, -0.25) is 4.18 Å². The molecule has 1 aromatic rings. The van der Waals surface area contributed by atoms with Gasteiger partial charge in [-0.15, -0.1) is 0 Å². The first-order valence-electron chi connectivity index (χ1n) is 9.77.